The number of hydrogen-bond donors (Lipinski definition) is 0. The van der Waals surface area contributed by atoms with E-state index in [1.54, 1.807) is 14.2 Å². The Morgan fingerprint density at radius 1 is 0.900 bits per heavy atom. The molecule has 0 aromatic heterocycles. The van der Waals surface area contributed by atoms with Crippen LogP contribution in [0.3, 0.4) is 0 Å². The van der Waals surface area contributed by atoms with Crippen molar-refractivity contribution in [2.45, 2.75) is 44.7 Å². The fourth-order valence-electron chi connectivity index (χ4n) is 2.17. The molecule has 1 rings (SSSR count). The first kappa shape index (κ1) is 17.3. The molecule has 2 nitrogen and oxygen atoms in total. The maximum Gasteiger partial charge on any atom is 0.334 e. The number of hydrogen-bond acceptors (Lipinski definition) is 2. The van der Waals surface area contributed by atoms with Gasteiger partial charge in [-0.1, -0.05) is 19.3 Å². The third-order valence-electron chi connectivity index (χ3n) is 3.63. The fourth-order valence-corrected chi connectivity index (χ4v) is 3.64. The Bertz CT molecular complexity index is 389. The summed E-state index contributed by atoms with van der Waals surface area (Å²) in [6.45, 7) is 2.06. The average Bonchev–Trinajstić information content (AvgIpc) is 2.41. The minimum Gasteiger partial charge on any atom is -0.398 e. The van der Waals surface area contributed by atoms with Gasteiger partial charge in [0.25, 0.3) is 0 Å². The van der Waals surface area contributed by atoms with Gasteiger partial charge < -0.3 is 8.85 Å². The molecule has 0 unspecified atom stereocenters. The summed E-state index contributed by atoms with van der Waals surface area (Å²) in [4.78, 5) is 0. The molecule has 1 aromatic carbocycles. The molecule has 0 aliphatic heterocycles. The van der Waals surface area contributed by atoms with Gasteiger partial charge in [-0.25, -0.2) is 8.78 Å². The lowest BCUT2D eigenvalue weighted by Gasteiger charge is -2.22. The Morgan fingerprint density at radius 2 is 1.45 bits per heavy atom. The molecule has 0 radical (unpaired) electrons. The Hall–Kier alpha value is -0.783. The van der Waals surface area contributed by atoms with E-state index in [2.05, 4.69) is 6.55 Å². The summed E-state index contributed by atoms with van der Waals surface area (Å²) in [6.07, 6.45) is 4.88. The number of benzene rings is 1. The highest BCUT2D eigenvalue weighted by atomic mass is 28.4. The number of rotatable bonds is 9. The van der Waals surface area contributed by atoms with Crippen LogP contribution in [0.2, 0.25) is 12.6 Å². The van der Waals surface area contributed by atoms with Crippen molar-refractivity contribution >= 4 is 8.56 Å². The second kappa shape index (κ2) is 8.49. The fraction of sp³-hybridized carbons (Fsp3) is 0.600. The summed E-state index contributed by atoms with van der Waals surface area (Å²) in [5.41, 5.74) is 0.732. The molecule has 20 heavy (non-hydrogen) atoms. The van der Waals surface area contributed by atoms with Crippen molar-refractivity contribution in [3.8, 4) is 0 Å². The number of unbranched alkanes of at least 4 members (excludes halogenated alkanes) is 3. The predicted octanol–water partition coefficient (Wildman–Crippen LogP) is 4.43. The third-order valence-corrected chi connectivity index (χ3v) is 6.62. The van der Waals surface area contributed by atoms with Crippen LogP contribution in [0.15, 0.2) is 18.2 Å². The molecular formula is C15H24F2O2Si. The van der Waals surface area contributed by atoms with Crippen molar-refractivity contribution in [3.05, 3.63) is 35.4 Å². The lowest BCUT2D eigenvalue weighted by molar-refractivity contribution is 0.248. The first-order valence-electron chi connectivity index (χ1n) is 7.04. The molecule has 0 saturated heterocycles. The maximum atomic E-state index is 13.0. The Labute approximate surface area is 121 Å². The van der Waals surface area contributed by atoms with Crippen molar-refractivity contribution in [2.24, 2.45) is 0 Å². The zero-order chi connectivity index (χ0) is 15.0. The maximum absolute atomic E-state index is 13.0. The summed E-state index contributed by atoms with van der Waals surface area (Å²) in [5, 5.41) is 0. The van der Waals surface area contributed by atoms with Crippen LogP contribution in [0, 0.1) is 11.6 Å². The first-order valence-corrected chi connectivity index (χ1v) is 9.57. The van der Waals surface area contributed by atoms with Gasteiger partial charge in [0, 0.05) is 20.3 Å². The van der Waals surface area contributed by atoms with Crippen LogP contribution in [0.1, 0.15) is 31.2 Å². The van der Waals surface area contributed by atoms with Crippen LogP contribution < -0.4 is 0 Å². The van der Waals surface area contributed by atoms with Gasteiger partial charge in [0.15, 0.2) is 0 Å². The molecule has 0 bridgehead atoms. The third kappa shape index (κ3) is 6.11. The summed E-state index contributed by atoms with van der Waals surface area (Å²) >= 11 is 0. The Balaban J connectivity index is 2.19. The summed E-state index contributed by atoms with van der Waals surface area (Å²) in [6, 6.07) is 4.70. The quantitative estimate of drug-likeness (QED) is 0.496. The molecule has 5 heteroatoms. The summed E-state index contributed by atoms with van der Waals surface area (Å²) < 4.78 is 36.9. The van der Waals surface area contributed by atoms with Crippen molar-refractivity contribution in [3.63, 3.8) is 0 Å². The van der Waals surface area contributed by atoms with E-state index in [9.17, 15) is 8.78 Å². The molecule has 0 heterocycles. The predicted molar refractivity (Wildman–Crippen MR) is 79.0 cm³/mol. The number of halogens is 2. The van der Waals surface area contributed by atoms with Gasteiger partial charge in [-0.15, -0.1) is 0 Å². The van der Waals surface area contributed by atoms with Crippen LogP contribution >= 0.6 is 0 Å². The van der Waals surface area contributed by atoms with Crippen LogP contribution in [-0.4, -0.2) is 22.8 Å². The molecule has 0 atom stereocenters. The van der Waals surface area contributed by atoms with E-state index in [4.69, 9.17) is 8.85 Å². The van der Waals surface area contributed by atoms with Gasteiger partial charge in [0.05, 0.1) is 0 Å². The molecular weight excluding hydrogens is 278 g/mol. The van der Waals surface area contributed by atoms with Gasteiger partial charge in [-0.05, 0) is 43.1 Å². The molecule has 0 spiro atoms. The van der Waals surface area contributed by atoms with Crippen molar-refractivity contribution in [2.75, 3.05) is 14.2 Å². The van der Waals surface area contributed by atoms with E-state index >= 15 is 0 Å². The smallest absolute Gasteiger partial charge is 0.334 e. The summed E-state index contributed by atoms with van der Waals surface area (Å²) in [5.74, 6) is -0.996. The molecule has 0 N–H and O–H groups in total. The van der Waals surface area contributed by atoms with E-state index in [-0.39, 0.29) is 0 Å². The molecule has 114 valence electrons. The minimum absolute atomic E-state index is 0.498. The molecule has 0 aliphatic rings. The van der Waals surface area contributed by atoms with Crippen LogP contribution in [0.4, 0.5) is 8.78 Å². The van der Waals surface area contributed by atoms with E-state index in [1.165, 1.54) is 12.1 Å². The van der Waals surface area contributed by atoms with E-state index < -0.39 is 20.2 Å². The van der Waals surface area contributed by atoms with E-state index in [0.717, 1.165) is 49.8 Å². The van der Waals surface area contributed by atoms with Crippen molar-refractivity contribution in [1.29, 1.82) is 0 Å². The molecule has 1 aromatic rings. The van der Waals surface area contributed by atoms with Crippen LogP contribution in [-0.2, 0) is 15.3 Å². The molecule has 0 saturated carbocycles. The zero-order valence-corrected chi connectivity index (χ0v) is 13.5. The topological polar surface area (TPSA) is 18.5 Å². The van der Waals surface area contributed by atoms with Crippen LogP contribution in [0.5, 0.6) is 0 Å². The Morgan fingerprint density at radius 3 is 2.00 bits per heavy atom. The molecule has 0 fully saturated rings. The second-order valence-electron chi connectivity index (χ2n) is 5.23. The lowest BCUT2D eigenvalue weighted by Crippen LogP contribution is -2.35. The zero-order valence-electron chi connectivity index (χ0n) is 12.5. The normalized spacial score (nSPS) is 11.8. The van der Waals surface area contributed by atoms with Gasteiger partial charge in [0.1, 0.15) is 11.6 Å². The average molecular weight is 302 g/mol. The summed E-state index contributed by atoms with van der Waals surface area (Å²) in [7, 11) is 1.47. The van der Waals surface area contributed by atoms with E-state index in [1.807, 2.05) is 0 Å². The van der Waals surface area contributed by atoms with Crippen LogP contribution in [0.25, 0.3) is 0 Å². The van der Waals surface area contributed by atoms with Gasteiger partial charge in [-0.2, -0.15) is 0 Å². The van der Waals surface area contributed by atoms with Gasteiger partial charge in [-0.3, -0.25) is 0 Å². The highest BCUT2D eigenvalue weighted by Crippen LogP contribution is 2.17. The highest BCUT2D eigenvalue weighted by molar-refractivity contribution is 6.65. The largest absolute Gasteiger partial charge is 0.398 e. The monoisotopic (exact) mass is 302 g/mol. The lowest BCUT2D eigenvalue weighted by atomic mass is 10.1. The molecule has 0 amide bonds. The van der Waals surface area contributed by atoms with Gasteiger partial charge >= 0.3 is 8.56 Å². The van der Waals surface area contributed by atoms with Crippen molar-refractivity contribution in [1.82, 2.24) is 0 Å². The van der Waals surface area contributed by atoms with Crippen molar-refractivity contribution < 1.29 is 17.6 Å². The molecule has 0 aliphatic carbocycles. The first-order chi connectivity index (χ1) is 9.49. The SMILES string of the molecule is CO[Si](C)(CCCCCCc1cc(F)cc(F)c1)OC. The highest BCUT2D eigenvalue weighted by Gasteiger charge is 2.27. The van der Waals surface area contributed by atoms with E-state index in [0.29, 0.717) is 0 Å². The minimum atomic E-state index is -1.94. The second-order valence-corrected chi connectivity index (χ2v) is 8.82. The van der Waals surface area contributed by atoms with Gasteiger partial charge in [0.2, 0.25) is 0 Å². The Kier molecular flexibility index (Phi) is 7.33. The standard InChI is InChI=1S/C15H24F2O2Si/c1-18-20(3,19-2)9-7-5-4-6-8-13-10-14(16)12-15(17)11-13/h10-12H,4-9H2,1-3H3. The number of aryl methyl sites for hydroxylation is 1.